The van der Waals surface area contributed by atoms with Crippen LogP contribution in [-0.4, -0.2) is 16.9 Å². The molecule has 0 bridgehead atoms. The number of hydrogen-bond acceptors (Lipinski definition) is 5. The molecule has 2 aromatic carbocycles. The quantitative estimate of drug-likeness (QED) is 0.749. The molecule has 1 heterocycles. The molecule has 1 aromatic heterocycles. The van der Waals surface area contributed by atoms with Crippen LogP contribution in [-0.2, 0) is 13.2 Å². The van der Waals surface area contributed by atoms with Crippen molar-refractivity contribution in [3.05, 3.63) is 71.3 Å². The van der Waals surface area contributed by atoms with Gasteiger partial charge in [-0.1, -0.05) is 42.5 Å². The van der Waals surface area contributed by atoms with Crippen molar-refractivity contribution in [2.45, 2.75) is 13.2 Å². The van der Waals surface area contributed by atoms with Crippen LogP contribution in [0.2, 0.25) is 0 Å². The lowest BCUT2D eigenvalue weighted by Gasteiger charge is -2.05. The van der Waals surface area contributed by atoms with Gasteiger partial charge < -0.3 is 15.2 Å². The minimum Gasteiger partial charge on any atom is -0.497 e. The van der Waals surface area contributed by atoms with E-state index < -0.39 is 0 Å². The van der Waals surface area contributed by atoms with E-state index in [-0.39, 0.29) is 18.1 Å². The van der Waals surface area contributed by atoms with Crippen LogP contribution in [0.5, 0.6) is 11.6 Å². The van der Waals surface area contributed by atoms with E-state index in [1.807, 2.05) is 54.6 Å². The Morgan fingerprint density at radius 2 is 1.88 bits per heavy atom. The maximum atomic E-state index is 9.37. The Hall–Kier alpha value is -3.46. The van der Waals surface area contributed by atoms with Crippen molar-refractivity contribution in [1.82, 2.24) is 9.78 Å². The van der Waals surface area contributed by atoms with Gasteiger partial charge in [-0.25, -0.2) is 4.68 Å². The molecule has 0 aliphatic rings. The third kappa shape index (κ3) is 3.72. The molecule has 0 saturated carbocycles. The molecular formula is C19H18N4O2. The highest BCUT2D eigenvalue weighted by Gasteiger charge is 2.17. The van der Waals surface area contributed by atoms with Gasteiger partial charge in [0.15, 0.2) is 5.56 Å². The molecule has 0 unspecified atom stereocenters. The van der Waals surface area contributed by atoms with Crippen molar-refractivity contribution < 1.29 is 9.47 Å². The summed E-state index contributed by atoms with van der Waals surface area (Å²) in [7, 11) is 1.61. The number of rotatable bonds is 6. The molecular weight excluding hydrogens is 316 g/mol. The molecule has 3 rings (SSSR count). The fraction of sp³-hybridized carbons (Fsp3) is 0.158. The van der Waals surface area contributed by atoms with E-state index in [1.165, 1.54) is 0 Å². The largest absolute Gasteiger partial charge is 0.497 e. The molecule has 0 radical (unpaired) electrons. The maximum Gasteiger partial charge on any atom is 0.253 e. The highest BCUT2D eigenvalue weighted by molar-refractivity contribution is 5.55. The number of nitrogens with zero attached hydrogens (tertiary/aromatic N) is 3. The highest BCUT2D eigenvalue weighted by atomic mass is 16.5. The van der Waals surface area contributed by atoms with E-state index in [0.29, 0.717) is 12.4 Å². The lowest BCUT2D eigenvalue weighted by atomic mass is 10.2. The first-order valence-electron chi connectivity index (χ1n) is 7.77. The van der Waals surface area contributed by atoms with Gasteiger partial charge in [-0.05, 0) is 23.3 Å². The van der Waals surface area contributed by atoms with Crippen molar-refractivity contribution in [2.24, 2.45) is 0 Å². The second-order valence-electron chi connectivity index (χ2n) is 5.46. The van der Waals surface area contributed by atoms with Crippen LogP contribution in [0.25, 0.3) is 0 Å². The summed E-state index contributed by atoms with van der Waals surface area (Å²) in [5, 5.41) is 13.7. The number of ether oxygens (including phenoxy) is 2. The zero-order valence-electron chi connectivity index (χ0n) is 13.8. The van der Waals surface area contributed by atoms with Crippen LogP contribution in [0.4, 0.5) is 5.82 Å². The van der Waals surface area contributed by atoms with Crippen molar-refractivity contribution in [3.63, 3.8) is 0 Å². The predicted octanol–water partition coefficient (Wildman–Crippen LogP) is 2.97. The monoisotopic (exact) mass is 334 g/mol. The molecule has 0 atom stereocenters. The number of anilines is 1. The van der Waals surface area contributed by atoms with Crippen molar-refractivity contribution in [3.8, 4) is 17.7 Å². The van der Waals surface area contributed by atoms with E-state index >= 15 is 0 Å². The van der Waals surface area contributed by atoms with Crippen LogP contribution in [0.3, 0.4) is 0 Å². The second kappa shape index (κ2) is 7.41. The lowest BCUT2D eigenvalue weighted by molar-refractivity contribution is 0.288. The topological polar surface area (TPSA) is 86.1 Å². The third-order valence-electron chi connectivity index (χ3n) is 3.76. The Labute approximate surface area is 146 Å². The fourth-order valence-corrected chi connectivity index (χ4v) is 2.45. The summed E-state index contributed by atoms with van der Waals surface area (Å²) < 4.78 is 12.5. The van der Waals surface area contributed by atoms with Crippen LogP contribution >= 0.6 is 0 Å². The number of aromatic nitrogens is 2. The highest BCUT2D eigenvalue weighted by Crippen LogP contribution is 2.25. The summed E-state index contributed by atoms with van der Waals surface area (Å²) in [5.74, 6) is 1.28. The first-order chi connectivity index (χ1) is 12.2. The number of benzene rings is 2. The predicted molar refractivity (Wildman–Crippen MR) is 94.2 cm³/mol. The molecule has 6 heteroatoms. The van der Waals surface area contributed by atoms with Crippen LogP contribution in [0.1, 0.15) is 16.7 Å². The van der Waals surface area contributed by atoms with Crippen molar-refractivity contribution >= 4 is 5.82 Å². The van der Waals surface area contributed by atoms with Gasteiger partial charge in [0.05, 0.1) is 13.7 Å². The molecule has 6 nitrogen and oxygen atoms in total. The van der Waals surface area contributed by atoms with Crippen LogP contribution in [0.15, 0.2) is 54.6 Å². The Morgan fingerprint density at radius 1 is 1.12 bits per heavy atom. The van der Waals surface area contributed by atoms with Crippen molar-refractivity contribution in [1.29, 1.82) is 5.26 Å². The van der Waals surface area contributed by atoms with Crippen LogP contribution in [0, 0.1) is 11.3 Å². The summed E-state index contributed by atoms with van der Waals surface area (Å²) in [6.07, 6.45) is 0. The summed E-state index contributed by atoms with van der Waals surface area (Å²) in [6.45, 7) is 0.748. The van der Waals surface area contributed by atoms with E-state index in [2.05, 4.69) is 11.2 Å². The standard InChI is InChI=1S/C19H18N4O2/c1-24-16-9-5-8-15(10-16)13-25-19-17(11-20)18(21)23(22-19)12-14-6-3-2-4-7-14/h2-10H,12-13,21H2,1H3. The normalized spacial score (nSPS) is 10.2. The number of nitriles is 1. The molecule has 126 valence electrons. The minimum absolute atomic E-state index is 0.235. The van der Waals surface area contributed by atoms with Gasteiger partial charge in [-0.2, -0.15) is 5.26 Å². The number of hydrogen-bond donors (Lipinski definition) is 1. The molecule has 25 heavy (non-hydrogen) atoms. The third-order valence-corrected chi connectivity index (χ3v) is 3.76. The Kier molecular flexibility index (Phi) is 4.86. The average Bonchev–Trinajstić information content (AvgIpc) is 2.95. The van der Waals surface area contributed by atoms with Gasteiger partial charge in [0, 0.05) is 0 Å². The molecule has 0 spiro atoms. The van der Waals surface area contributed by atoms with E-state index in [0.717, 1.165) is 16.9 Å². The SMILES string of the molecule is COc1cccc(COc2nn(Cc3ccccc3)c(N)c2C#N)c1. The molecule has 2 N–H and O–H groups in total. The summed E-state index contributed by atoms with van der Waals surface area (Å²) in [5.41, 5.74) is 8.26. The zero-order chi connectivity index (χ0) is 17.6. The second-order valence-corrected chi connectivity index (χ2v) is 5.46. The minimum atomic E-state index is 0.235. The van der Waals surface area contributed by atoms with Crippen molar-refractivity contribution in [2.75, 3.05) is 12.8 Å². The summed E-state index contributed by atoms with van der Waals surface area (Å²) in [6, 6.07) is 19.4. The van der Waals surface area contributed by atoms with Gasteiger partial charge in [0.25, 0.3) is 5.88 Å². The zero-order valence-corrected chi connectivity index (χ0v) is 13.8. The van der Waals surface area contributed by atoms with Gasteiger partial charge in [-0.15, -0.1) is 5.10 Å². The lowest BCUT2D eigenvalue weighted by Crippen LogP contribution is -2.06. The molecule has 0 fully saturated rings. The maximum absolute atomic E-state index is 9.37. The summed E-state index contributed by atoms with van der Waals surface area (Å²) in [4.78, 5) is 0. The number of nitrogen functional groups attached to an aromatic ring is 1. The molecule has 0 saturated heterocycles. The van der Waals surface area contributed by atoms with E-state index in [1.54, 1.807) is 11.8 Å². The number of nitrogens with two attached hydrogens (primary N) is 1. The van der Waals surface area contributed by atoms with Gasteiger partial charge >= 0.3 is 0 Å². The van der Waals surface area contributed by atoms with Crippen LogP contribution < -0.4 is 15.2 Å². The average molecular weight is 334 g/mol. The molecule has 3 aromatic rings. The van der Waals surface area contributed by atoms with Gasteiger partial charge in [0.1, 0.15) is 24.2 Å². The molecule has 0 aliphatic heterocycles. The first kappa shape index (κ1) is 16.4. The Morgan fingerprint density at radius 3 is 2.60 bits per heavy atom. The molecule has 0 amide bonds. The number of methoxy groups -OCH3 is 1. The fourth-order valence-electron chi connectivity index (χ4n) is 2.45. The first-order valence-corrected chi connectivity index (χ1v) is 7.77. The smallest absolute Gasteiger partial charge is 0.253 e. The Balaban J connectivity index is 1.79. The van der Waals surface area contributed by atoms with E-state index in [4.69, 9.17) is 15.2 Å². The van der Waals surface area contributed by atoms with E-state index in [9.17, 15) is 5.26 Å². The molecule has 0 aliphatic carbocycles. The van der Waals surface area contributed by atoms with Gasteiger partial charge in [-0.3, -0.25) is 0 Å². The summed E-state index contributed by atoms with van der Waals surface area (Å²) >= 11 is 0. The van der Waals surface area contributed by atoms with Gasteiger partial charge in [0.2, 0.25) is 0 Å². The Bertz CT molecular complexity index is 898.